The third-order valence-electron chi connectivity index (χ3n) is 5.79. The van der Waals surface area contributed by atoms with E-state index in [4.69, 9.17) is 4.52 Å². The fourth-order valence-corrected chi connectivity index (χ4v) is 3.86. The van der Waals surface area contributed by atoms with Crippen molar-refractivity contribution in [3.05, 3.63) is 77.0 Å². The standard InChI is InChI=1S/C24H26N2O2/c1-17-8-9-21(14-18(17)2)23-16-22(25-28-23)24(27)26-12-10-20(11-13-26)15-19-6-4-3-5-7-19/h3-9,14,16,20H,10-13,15H2,1-2H3. The van der Waals surface area contributed by atoms with Gasteiger partial charge in [0, 0.05) is 24.7 Å². The molecule has 1 saturated heterocycles. The molecule has 1 aliphatic heterocycles. The normalized spacial score (nSPS) is 15.0. The molecule has 0 bridgehead atoms. The summed E-state index contributed by atoms with van der Waals surface area (Å²) in [4.78, 5) is 14.7. The highest BCUT2D eigenvalue weighted by Crippen LogP contribution is 2.26. The summed E-state index contributed by atoms with van der Waals surface area (Å²) in [6.07, 6.45) is 3.15. The first-order valence-corrected chi connectivity index (χ1v) is 9.97. The Balaban J connectivity index is 1.38. The lowest BCUT2D eigenvalue weighted by molar-refractivity contribution is 0.0680. The SMILES string of the molecule is Cc1ccc(-c2cc(C(=O)N3CCC(Cc4ccccc4)CC3)no2)cc1C. The number of rotatable bonds is 4. The lowest BCUT2D eigenvalue weighted by Gasteiger charge is -2.31. The summed E-state index contributed by atoms with van der Waals surface area (Å²) >= 11 is 0. The fourth-order valence-electron chi connectivity index (χ4n) is 3.86. The Kier molecular flexibility index (Phi) is 5.29. The van der Waals surface area contributed by atoms with Crippen LogP contribution in [0.3, 0.4) is 0 Å². The molecule has 28 heavy (non-hydrogen) atoms. The van der Waals surface area contributed by atoms with Gasteiger partial charge in [-0.05, 0) is 61.8 Å². The number of amides is 1. The summed E-state index contributed by atoms with van der Waals surface area (Å²) in [5, 5.41) is 4.04. The molecule has 0 saturated carbocycles. The van der Waals surface area contributed by atoms with Crippen LogP contribution in [-0.2, 0) is 6.42 Å². The quantitative estimate of drug-likeness (QED) is 0.642. The van der Waals surface area contributed by atoms with Crippen molar-refractivity contribution in [2.45, 2.75) is 33.1 Å². The Morgan fingerprint density at radius 2 is 1.79 bits per heavy atom. The minimum absolute atomic E-state index is 0.0306. The van der Waals surface area contributed by atoms with Crippen LogP contribution in [0.4, 0.5) is 0 Å². The molecule has 0 atom stereocenters. The monoisotopic (exact) mass is 374 g/mol. The molecule has 2 heterocycles. The fraction of sp³-hybridized carbons (Fsp3) is 0.333. The molecule has 0 spiro atoms. The summed E-state index contributed by atoms with van der Waals surface area (Å²) in [5.41, 5.74) is 5.16. The molecular weight excluding hydrogens is 348 g/mol. The van der Waals surface area contributed by atoms with E-state index in [1.807, 2.05) is 11.0 Å². The summed E-state index contributed by atoms with van der Waals surface area (Å²) in [6.45, 7) is 5.71. The van der Waals surface area contributed by atoms with Crippen LogP contribution >= 0.6 is 0 Å². The highest BCUT2D eigenvalue weighted by molar-refractivity contribution is 5.93. The predicted octanol–water partition coefficient (Wildman–Crippen LogP) is 5.05. The maximum atomic E-state index is 12.8. The van der Waals surface area contributed by atoms with Gasteiger partial charge in [-0.2, -0.15) is 0 Å². The van der Waals surface area contributed by atoms with Gasteiger partial charge in [-0.1, -0.05) is 47.6 Å². The maximum absolute atomic E-state index is 12.8. The molecule has 1 aliphatic rings. The molecule has 0 radical (unpaired) electrons. The summed E-state index contributed by atoms with van der Waals surface area (Å²) in [5.74, 6) is 1.25. The van der Waals surface area contributed by atoms with Crippen LogP contribution in [0, 0.1) is 19.8 Å². The van der Waals surface area contributed by atoms with E-state index in [9.17, 15) is 4.79 Å². The lowest BCUT2D eigenvalue weighted by Crippen LogP contribution is -2.39. The second-order valence-electron chi connectivity index (χ2n) is 7.80. The number of hydrogen-bond acceptors (Lipinski definition) is 3. The molecule has 3 aromatic rings. The highest BCUT2D eigenvalue weighted by Gasteiger charge is 2.26. The third kappa shape index (κ3) is 4.01. The summed E-state index contributed by atoms with van der Waals surface area (Å²) in [6, 6.07) is 18.5. The van der Waals surface area contributed by atoms with E-state index >= 15 is 0 Å². The van der Waals surface area contributed by atoms with Crippen molar-refractivity contribution in [3.8, 4) is 11.3 Å². The van der Waals surface area contributed by atoms with Gasteiger partial charge >= 0.3 is 0 Å². The van der Waals surface area contributed by atoms with Crippen LogP contribution in [0.25, 0.3) is 11.3 Å². The van der Waals surface area contributed by atoms with Crippen LogP contribution in [0.1, 0.15) is 40.0 Å². The second kappa shape index (κ2) is 8.01. The molecule has 4 rings (SSSR count). The largest absolute Gasteiger partial charge is 0.355 e. The zero-order valence-corrected chi connectivity index (χ0v) is 16.5. The van der Waals surface area contributed by atoms with Gasteiger partial charge in [0.05, 0.1) is 0 Å². The van der Waals surface area contributed by atoms with Gasteiger partial charge in [0.15, 0.2) is 11.5 Å². The number of piperidine rings is 1. The smallest absolute Gasteiger partial charge is 0.276 e. The Hall–Kier alpha value is -2.88. The molecule has 0 N–H and O–H groups in total. The Morgan fingerprint density at radius 1 is 1.04 bits per heavy atom. The van der Waals surface area contributed by atoms with Crippen molar-refractivity contribution in [3.63, 3.8) is 0 Å². The zero-order chi connectivity index (χ0) is 19.5. The van der Waals surface area contributed by atoms with Crippen LogP contribution in [0.2, 0.25) is 0 Å². The molecule has 4 nitrogen and oxygen atoms in total. The molecule has 1 aromatic heterocycles. The highest BCUT2D eigenvalue weighted by atomic mass is 16.5. The van der Waals surface area contributed by atoms with E-state index < -0.39 is 0 Å². The van der Waals surface area contributed by atoms with Crippen LogP contribution in [0.5, 0.6) is 0 Å². The third-order valence-corrected chi connectivity index (χ3v) is 5.79. The van der Waals surface area contributed by atoms with Crippen molar-refractivity contribution in [2.24, 2.45) is 5.92 Å². The Labute approximate surface area is 166 Å². The number of hydrogen-bond donors (Lipinski definition) is 0. The van der Waals surface area contributed by atoms with E-state index in [1.54, 1.807) is 6.07 Å². The van der Waals surface area contributed by atoms with Crippen LogP contribution < -0.4 is 0 Å². The first-order chi connectivity index (χ1) is 13.6. The van der Waals surface area contributed by atoms with Gasteiger partial charge in [-0.25, -0.2) is 0 Å². The number of aryl methyl sites for hydroxylation is 2. The Bertz CT molecular complexity index is 954. The number of nitrogens with zero attached hydrogens (tertiary/aromatic N) is 2. The molecule has 4 heteroatoms. The van der Waals surface area contributed by atoms with Gasteiger partial charge in [0.1, 0.15) is 0 Å². The number of aromatic nitrogens is 1. The van der Waals surface area contributed by atoms with Gasteiger partial charge in [0.2, 0.25) is 0 Å². The average molecular weight is 374 g/mol. The van der Waals surface area contributed by atoms with Crippen LogP contribution in [-0.4, -0.2) is 29.1 Å². The minimum atomic E-state index is -0.0306. The first-order valence-electron chi connectivity index (χ1n) is 9.97. The summed E-state index contributed by atoms with van der Waals surface area (Å²) in [7, 11) is 0. The molecule has 2 aromatic carbocycles. The zero-order valence-electron chi connectivity index (χ0n) is 16.5. The molecule has 0 aliphatic carbocycles. The molecule has 144 valence electrons. The maximum Gasteiger partial charge on any atom is 0.276 e. The number of carbonyl (C=O) groups excluding carboxylic acids is 1. The van der Waals surface area contributed by atoms with Gasteiger partial charge in [0.25, 0.3) is 5.91 Å². The van der Waals surface area contributed by atoms with E-state index in [-0.39, 0.29) is 5.91 Å². The number of carbonyl (C=O) groups is 1. The van der Waals surface area contributed by atoms with Gasteiger partial charge in [-0.15, -0.1) is 0 Å². The molecule has 1 amide bonds. The van der Waals surface area contributed by atoms with E-state index in [0.717, 1.165) is 37.9 Å². The van der Waals surface area contributed by atoms with Gasteiger partial charge in [-0.3, -0.25) is 4.79 Å². The predicted molar refractivity (Wildman–Crippen MR) is 110 cm³/mol. The topological polar surface area (TPSA) is 46.3 Å². The average Bonchev–Trinajstić information content (AvgIpc) is 3.21. The summed E-state index contributed by atoms with van der Waals surface area (Å²) < 4.78 is 5.46. The molecule has 1 fully saturated rings. The molecule has 0 unspecified atom stereocenters. The lowest BCUT2D eigenvalue weighted by atomic mass is 9.90. The number of likely N-dealkylation sites (tertiary alicyclic amines) is 1. The number of benzene rings is 2. The minimum Gasteiger partial charge on any atom is -0.355 e. The van der Waals surface area contributed by atoms with Crippen molar-refractivity contribution >= 4 is 5.91 Å². The van der Waals surface area contributed by atoms with Gasteiger partial charge < -0.3 is 9.42 Å². The molecular formula is C24H26N2O2. The van der Waals surface area contributed by atoms with E-state index in [2.05, 4.69) is 61.5 Å². The second-order valence-corrected chi connectivity index (χ2v) is 7.80. The van der Waals surface area contributed by atoms with E-state index in [1.165, 1.54) is 16.7 Å². The Morgan fingerprint density at radius 3 is 2.50 bits per heavy atom. The van der Waals surface area contributed by atoms with E-state index in [0.29, 0.717) is 17.4 Å². The van der Waals surface area contributed by atoms with Crippen molar-refractivity contribution in [1.29, 1.82) is 0 Å². The van der Waals surface area contributed by atoms with Crippen molar-refractivity contribution in [2.75, 3.05) is 13.1 Å². The van der Waals surface area contributed by atoms with Crippen molar-refractivity contribution < 1.29 is 9.32 Å². The first kappa shape index (κ1) is 18.5. The van der Waals surface area contributed by atoms with Crippen LogP contribution in [0.15, 0.2) is 59.1 Å². The van der Waals surface area contributed by atoms with Crippen molar-refractivity contribution in [1.82, 2.24) is 10.1 Å².